The van der Waals surface area contributed by atoms with Gasteiger partial charge in [-0.05, 0) is 20.8 Å². The lowest BCUT2D eigenvalue weighted by Gasteiger charge is -2.26. The summed E-state index contributed by atoms with van der Waals surface area (Å²) in [6.07, 6.45) is -0.385. The number of ether oxygens (including phenoxy) is 2. The van der Waals surface area contributed by atoms with Crippen LogP contribution in [0.1, 0.15) is 27.2 Å². The van der Waals surface area contributed by atoms with Gasteiger partial charge in [-0.3, -0.25) is 4.79 Å². The third-order valence-electron chi connectivity index (χ3n) is 2.32. The van der Waals surface area contributed by atoms with E-state index in [1.54, 1.807) is 0 Å². The van der Waals surface area contributed by atoms with E-state index in [2.05, 4.69) is 5.32 Å². The number of rotatable bonds is 11. The van der Waals surface area contributed by atoms with Gasteiger partial charge in [-0.2, -0.15) is 0 Å². The molecule has 0 bridgehead atoms. The van der Waals surface area contributed by atoms with E-state index in [1.807, 2.05) is 20.8 Å². The Hall–Kier alpha value is -0.690. The number of β-amino-alcohol motifs (C(OH)–C–C–N with tert-alkyl or cyclic N) is 1. The van der Waals surface area contributed by atoms with Crippen LogP contribution in [0.25, 0.3) is 0 Å². The van der Waals surface area contributed by atoms with Crippen LogP contribution in [0.2, 0.25) is 0 Å². The van der Waals surface area contributed by atoms with Crippen LogP contribution < -0.4 is 11.1 Å². The zero-order valence-electron chi connectivity index (χ0n) is 11.6. The van der Waals surface area contributed by atoms with E-state index in [4.69, 9.17) is 15.2 Å². The molecule has 0 aliphatic heterocycles. The summed E-state index contributed by atoms with van der Waals surface area (Å²) < 4.78 is 10.3. The van der Waals surface area contributed by atoms with Crippen LogP contribution in [0.5, 0.6) is 0 Å². The molecule has 0 radical (unpaired) electrons. The minimum atomic E-state index is -0.612. The number of aliphatic hydroxyl groups is 1. The number of primary amides is 1. The van der Waals surface area contributed by atoms with E-state index >= 15 is 0 Å². The van der Waals surface area contributed by atoms with Gasteiger partial charge in [-0.1, -0.05) is 0 Å². The molecule has 0 saturated carbocycles. The monoisotopic (exact) mass is 262 g/mol. The molecule has 108 valence electrons. The summed E-state index contributed by atoms with van der Waals surface area (Å²) in [7, 11) is 0. The highest BCUT2D eigenvalue weighted by atomic mass is 16.5. The summed E-state index contributed by atoms with van der Waals surface area (Å²) in [4.78, 5) is 10.8. The normalized spacial score (nSPS) is 13.6. The molecule has 0 aromatic carbocycles. The summed E-state index contributed by atoms with van der Waals surface area (Å²) in [5.74, 6) is -0.366. The highest BCUT2D eigenvalue weighted by molar-refractivity contribution is 5.74. The third kappa shape index (κ3) is 10.5. The molecule has 1 amide bonds. The first-order valence-electron chi connectivity index (χ1n) is 6.24. The highest BCUT2D eigenvalue weighted by Gasteiger charge is 2.20. The number of hydrogen-bond donors (Lipinski definition) is 3. The summed E-state index contributed by atoms with van der Waals surface area (Å²) in [6.45, 7) is 7.90. The number of nitrogens with two attached hydrogens (primary N) is 1. The Morgan fingerprint density at radius 2 is 2.00 bits per heavy atom. The van der Waals surface area contributed by atoms with Gasteiger partial charge in [0, 0.05) is 25.1 Å². The van der Waals surface area contributed by atoms with Crippen LogP contribution in [0, 0.1) is 0 Å². The second-order valence-electron chi connectivity index (χ2n) is 4.83. The lowest BCUT2D eigenvalue weighted by Crippen LogP contribution is -2.46. The van der Waals surface area contributed by atoms with Crippen molar-refractivity contribution in [3.8, 4) is 0 Å². The molecule has 0 aromatic heterocycles. The average molecular weight is 262 g/mol. The molecule has 0 saturated heterocycles. The standard InChI is InChI=1S/C12H26N2O4/c1-4-17-5-6-18-9-10(15)8-14-12(2,3)7-11(13)16/h10,14-15H,4-9H2,1-3H3,(H2,13,16). The molecular formula is C12H26N2O4. The Kier molecular flexibility index (Phi) is 8.91. The molecular weight excluding hydrogens is 236 g/mol. The van der Waals surface area contributed by atoms with E-state index in [0.717, 1.165) is 0 Å². The number of amides is 1. The van der Waals surface area contributed by atoms with Crippen molar-refractivity contribution in [2.45, 2.75) is 38.8 Å². The topological polar surface area (TPSA) is 93.8 Å². The molecule has 0 spiro atoms. The molecule has 1 atom stereocenters. The summed E-state index contributed by atoms with van der Waals surface area (Å²) >= 11 is 0. The first-order valence-corrected chi connectivity index (χ1v) is 6.24. The maximum absolute atomic E-state index is 10.8. The Morgan fingerprint density at radius 1 is 1.39 bits per heavy atom. The molecule has 0 heterocycles. The fraction of sp³-hybridized carbons (Fsp3) is 0.917. The fourth-order valence-corrected chi connectivity index (χ4v) is 1.43. The van der Waals surface area contributed by atoms with Crippen molar-refractivity contribution in [1.82, 2.24) is 5.32 Å². The van der Waals surface area contributed by atoms with Crippen molar-refractivity contribution < 1.29 is 19.4 Å². The van der Waals surface area contributed by atoms with E-state index in [0.29, 0.717) is 26.4 Å². The van der Waals surface area contributed by atoms with Crippen LogP contribution in [-0.4, -0.2) is 55.6 Å². The Labute approximate surface area is 109 Å². The van der Waals surface area contributed by atoms with Crippen LogP contribution >= 0.6 is 0 Å². The Balaban J connectivity index is 3.62. The van der Waals surface area contributed by atoms with Gasteiger partial charge < -0.3 is 25.6 Å². The predicted octanol–water partition coefficient (Wildman–Crippen LogP) is -0.356. The molecule has 6 heteroatoms. The molecule has 0 aliphatic rings. The minimum absolute atomic E-state index is 0.227. The van der Waals surface area contributed by atoms with E-state index in [1.165, 1.54) is 0 Å². The molecule has 18 heavy (non-hydrogen) atoms. The Bertz CT molecular complexity index is 234. The minimum Gasteiger partial charge on any atom is -0.389 e. The Morgan fingerprint density at radius 3 is 2.56 bits per heavy atom. The second-order valence-corrected chi connectivity index (χ2v) is 4.83. The molecule has 4 N–H and O–H groups in total. The number of carbonyl (C=O) groups excluding carboxylic acids is 1. The maximum Gasteiger partial charge on any atom is 0.219 e. The molecule has 0 aliphatic carbocycles. The molecule has 0 aromatic rings. The number of carbonyl (C=O) groups is 1. The SMILES string of the molecule is CCOCCOCC(O)CNC(C)(C)CC(N)=O. The van der Waals surface area contributed by atoms with Crippen molar-refractivity contribution in [1.29, 1.82) is 0 Å². The van der Waals surface area contributed by atoms with Crippen molar-refractivity contribution >= 4 is 5.91 Å². The maximum atomic E-state index is 10.8. The number of hydrogen-bond acceptors (Lipinski definition) is 5. The smallest absolute Gasteiger partial charge is 0.219 e. The largest absolute Gasteiger partial charge is 0.389 e. The van der Waals surface area contributed by atoms with Gasteiger partial charge in [0.1, 0.15) is 0 Å². The van der Waals surface area contributed by atoms with E-state index in [-0.39, 0.29) is 18.9 Å². The van der Waals surface area contributed by atoms with Gasteiger partial charge >= 0.3 is 0 Å². The van der Waals surface area contributed by atoms with Gasteiger partial charge in [-0.15, -0.1) is 0 Å². The zero-order chi connectivity index (χ0) is 14.0. The van der Waals surface area contributed by atoms with Crippen LogP contribution in [0.3, 0.4) is 0 Å². The quantitative estimate of drug-likeness (QED) is 0.442. The van der Waals surface area contributed by atoms with Gasteiger partial charge in [0.15, 0.2) is 0 Å². The fourth-order valence-electron chi connectivity index (χ4n) is 1.43. The van der Waals surface area contributed by atoms with Crippen molar-refractivity contribution in [2.24, 2.45) is 5.73 Å². The first-order chi connectivity index (χ1) is 8.37. The van der Waals surface area contributed by atoms with Gasteiger partial charge in [0.25, 0.3) is 0 Å². The summed E-state index contributed by atoms with van der Waals surface area (Å²) in [5.41, 5.74) is 4.71. The molecule has 0 fully saturated rings. The van der Waals surface area contributed by atoms with Crippen LogP contribution in [0.4, 0.5) is 0 Å². The van der Waals surface area contributed by atoms with Gasteiger partial charge in [0.05, 0.1) is 25.9 Å². The van der Waals surface area contributed by atoms with Crippen LogP contribution in [0.15, 0.2) is 0 Å². The first kappa shape index (κ1) is 17.3. The summed E-state index contributed by atoms with van der Waals surface area (Å²) in [5, 5.41) is 12.7. The van der Waals surface area contributed by atoms with Crippen molar-refractivity contribution in [3.63, 3.8) is 0 Å². The van der Waals surface area contributed by atoms with Crippen LogP contribution in [-0.2, 0) is 14.3 Å². The third-order valence-corrected chi connectivity index (χ3v) is 2.32. The lowest BCUT2D eigenvalue weighted by atomic mass is 10.0. The number of nitrogens with one attached hydrogen (secondary N) is 1. The van der Waals surface area contributed by atoms with Crippen molar-refractivity contribution in [3.05, 3.63) is 0 Å². The average Bonchev–Trinajstić information content (AvgIpc) is 2.24. The second kappa shape index (κ2) is 9.27. The predicted molar refractivity (Wildman–Crippen MR) is 69.2 cm³/mol. The lowest BCUT2D eigenvalue weighted by molar-refractivity contribution is -0.119. The summed E-state index contributed by atoms with van der Waals surface area (Å²) in [6, 6.07) is 0. The molecule has 0 rings (SSSR count). The number of aliphatic hydroxyl groups excluding tert-OH is 1. The van der Waals surface area contributed by atoms with E-state index < -0.39 is 11.6 Å². The molecule has 1 unspecified atom stereocenters. The van der Waals surface area contributed by atoms with Gasteiger partial charge in [-0.25, -0.2) is 0 Å². The highest BCUT2D eigenvalue weighted by Crippen LogP contribution is 2.07. The van der Waals surface area contributed by atoms with Gasteiger partial charge in [0.2, 0.25) is 5.91 Å². The van der Waals surface area contributed by atoms with E-state index in [9.17, 15) is 9.90 Å². The molecule has 6 nitrogen and oxygen atoms in total. The van der Waals surface area contributed by atoms with Crippen molar-refractivity contribution in [2.75, 3.05) is 33.0 Å². The zero-order valence-corrected chi connectivity index (χ0v) is 11.6.